The second-order valence-electron chi connectivity index (χ2n) is 17.5. The average molecular weight is 867 g/mol. The highest BCUT2D eigenvalue weighted by Crippen LogP contribution is 2.46. The van der Waals surface area contributed by atoms with Crippen molar-refractivity contribution in [2.75, 3.05) is 0 Å². The normalized spacial score (nSPS) is 11.8. The summed E-state index contributed by atoms with van der Waals surface area (Å²) in [4.78, 5) is 16.1. The molecule has 0 spiro atoms. The maximum Gasteiger partial charge on any atom is 0.164 e. The number of aromatic nitrogens is 4. The first kappa shape index (κ1) is 38.1. The first-order valence-electron chi connectivity index (χ1n) is 23.0. The Hall–Kier alpha value is -9.19. The van der Waals surface area contributed by atoms with Gasteiger partial charge in [-0.25, -0.2) is 15.0 Å². The molecule has 0 unspecified atom stereocenters. The van der Waals surface area contributed by atoms with E-state index < -0.39 is 0 Å². The van der Waals surface area contributed by atoms with Crippen molar-refractivity contribution in [3.63, 3.8) is 0 Å². The third-order valence-electron chi connectivity index (χ3n) is 13.6. The Kier molecular flexibility index (Phi) is 8.52. The van der Waals surface area contributed by atoms with Gasteiger partial charge in [0, 0.05) is 54.6 Å². The van der Waals surface area contributed by atoms with Crippen LogP contribution in [0.4, 0.5) is 0 Å². The summed E-state index contributed by atoms with van der Waals surface area (Å²) in [6, 6.07) is 82.0. The summed E-state index contributed by atoms with van der Waals surface area (Å²) in [6.07, 6.45) is 0. The Bertz CT molecular complexity index is 4310. The maximum absolute atomic E-state index is 6.27. The van der Waals surface area contributed by atoms with Gasteiger partial charge in [-0.15, -0.1) is 0 Å². The SMILES string of the molecule is c1ccc(-c2ccc3c(-n4c5cc6ccccc6cc5c5ccc6ccccc6c54)c(-c4ccccc4)cc(-c4nc(-c5ccccc5)nc(-c5ccc6oc7ccccc7c6c5)n4)c3c2)cc1. The van der Waals surface area contributed by atoms with E-state index in [9.17, 15) is 0 Å². The minimum Gasteiger partial charge on any atom is -0.456 e. The quantitative estimate of drug-likeness (QED) is 0.167. The summed E-state index contributed by atoms with van der Waals surface area (Å²) in [5.41, 5.74) is 12.2. The van der Waals surface area contributed by atoms with Crippen molar-refractivity contribution in [2.45, 2.75) is 0 Å². The third-order valence-corrected chi connectivity index (χ3v) is 13.6. The number of hydrogen-bond donors (Lipinski definition) is 0. The number of nitrogens with zero attached hydrogens (tertiary/aromatic N) is 4. The van der Waals surface area contributed by atoms with E-state index in [4.69, 9.17) is 19.4 Å². The van der Waals surface area contributed by atoms with Gasteiger partial charge in [-0.05, 0) is 86.8 Å². The van der Waals surface area contributed by atoms with Crippen molar-refractivity contribution in [3.05, 3.63) is 231 Å². The number of furan rings is 1. The van der Waals surface area contributed by atoms with E-state index in [1.807, 2.05) is 42.5 Å². The molecule has 0 radical (unpaired) electrons. The molecule has 14 aromatic rings. The molecule has 316 valence electrons. The Balaban J connectivity index is 1.13. The highest BCUT2D eigenvalue weighted by atomic mass is 16.3. The lowest BCUT2D eigenvalue weighted by Gasteiger charge is -2.21. The molecule has 0 atom stereocenters. The third kappa shape index (κ3) is 6.06. The van der Waals surface area contributed by atoms with Crippen LogP contribution in [0.2, 0.25) is 0 Å². The van der Waals surface area contributed by atoms with Crippen LogP contribution in [0.5, 0.6) is 0 Å². The van der Waals surface area contributed by atoms with E-state index in [-0.39, 0.29) is 0 Å². The molecule has 3 heterocycles. The molecular formula is C63H38N4O. The molecule has 0 saturated heterocycles. The van der Waals surface area contributed by atoms with Gasteiger partial charge in [0.1, 0.15) is 11.2 Å². The van der Waals surface area contributed by atoms with Crippen LogP contribution < -0.4 is 0 Å². The maximum atomic E-state index is 6.27. The van der Waals surface area contributed by atoms with Crippen LogP contribution in [0.1, 0.15) is 0 Å². The summed E-state index contributed by atoms with van der Waals surface area (Å²) in [7, 11) is 0. The van der Waals surface area contributed by atoms with Crippen LogP contribution in [-0.2, 0) is 0 Å². The van der Waals surface area contributed by atoms with Crippen LogP contribution in [0.25, 0.3) is 138 Å². The van der Waals surface area contributed by atoms with Crippen molar-refractivity contribution in [3.8, 4) is 62.1 Å². The summed E-state index contributed by atoms with van der Waals surface area (Å²) in [5, 5.41) is 11.4. The van der Waals surface area contributed by atoms with Crippen LogP contribution in [-0.4, -0.2) is 19.5 Å². The molecule has 0 saturated carbocycles. The van der Waals surface area contributed by atoms with E-state index >= 15 is 0 Å². The Labute approximate surface area is 390 Å². The minimum absolute atomic E-state index is 0.583. The second kappa shape index (κ2) is 15.2. The van der Waals surface area contributed by atoms with Crippen molar-refractivity contribution in [1.82, 2.24) is 19.5 Å². The fourth-order valence-corrected chi connectivity index (χ4v) is 10.4. The standard InChI is InChI=1S/C63H38N4O/c1-4-16-39(17-5-1)45-29-32-49-52(34-45)55(63-65-61(42-21-8-3-9-22-42)64-62(66-63)46-30-33-58-54(36-46)48-26-14-15-27-57(48)68-58)38-51(40-18-6-2-7-19-40)60(49)67-56-37-44-24-11-10-23-43(44)35-53(56)50-31-28-41-20-12-13-25-47(41)59(50)67/h1-38H. The van der Waals surface area contributed by atoms with Crippen molar-refractivity contribution >= 4 is 76.1 Å². The molecule has 11 aromatic carbocycles. The van der Waals surface area contributed by atoms with Gasteiger partial charge in [0.05, 0.1) is 16.7 Å². The summed E-state index contributed by atoms with van der Waals surface area (Å²) >= 11 is 0. The van der Waals surface area contributed by atoms with Crippen LogP contribution in [0, 0.1) is 0 Å². The van der Waals surface area contributed by atoms with Crippen LogP contribution in [0.3, 0.4) is 0 Å². The number of hydrogen-bond acceptors (Lipinski definition) is 4. The molecule has 0 amide bonds. The van der Waals surface area contributed by atoms with Gasteiger partial charge in [-0.2, -0.15) is 0 Å². The van der Waals surface area contributed by atoms with Gasteiger partial charge in [0.25, 0.3) is 0 Å². The Morgan fingerprint density at radius 1 is 0.294 bits per heavy atom. The molecule has 14 rings (SSSR count). The van der Waals surface area contributed by atoms with Crippen molar-refractivity contribution < 1.29 is 4.42 Å². The molecular weight excluding hydrogens is 829 g/mol. The van der Waals surface area contributed by atoms with Crippen LogP contribution in [0.15, 0.2) is 235 Å². The van der Waals surface area contributed by atoms with E-state index in [2.05, 4.69) is 193 Å². The lowest BCUT2D eigenvalue weighted by Crippen LogP contribution is -2.04. The van der Waals surface area contributed by atoms with E-state index in [0.717, 1.165) is 82.9 Å². The monoisotopic (exact) mass is 866 g/mol. The average Bonchev–Trinajstić information content (AvgIpc) is 3.95. The van der Waals surface area contributed by atoms with Crippen molar-refractivity contribution in [2.24, 2.45) is 0 Å². The van der Waals surface area contributed by atoms with Gasteiger partial charge in [0.2, 0.25) is 0 Å². The van der Waals surface area contributed by atoms with E-state index in [1.54, 1.807) is 0 Å². The smallest absolute Gasteiger partial charge is 0.164 e. The van der Waals surface area contributed by atoms with Gasteiger partial charge in [-0.3, -0.25) is 0 Å². The first-order valence-corrected chi connectivity index (χ1v) is 23.0. The van der Waals surface area contributed by atoms with Crippen molar-refractivity contribution in [1.29, 1.82) is 0 Å². The molecule has 0 fully saturated rings. The van der Waals surface area contributed by atoms with E-state index in [1.165, 1.54) is 37.8 Å². The first-order chi connectivity index (χ1) is 33.7. The number of rotatable bonds is 6. The molecule has 68 heavy (non-hydrogen) atoms. The summed E-state index contributed by atoms with van der Waals surface area (Å²) in [5.74, 6) is 1.77. The van der Waals surface area contributed by atoms with Crippen LogP contribution >= 0.6 is 0 Å². The predicted molar refractivity (Wildman–Crippen MR) is 281 cm³/mol. The topological polar surface area (TPSA) is 56.7 Å². The second-order valence-corrected chi connectivity index (χ2v) is 17.5. The molecule has 3 aromatic heterocycles. The molecule has 0 bridgehead atoms. The fraction of sp³-hybridized carbons (Fsp3) is 0. The van der Waals surface area contributed by atoms with Gasteiger partial charge in [-0.1, -0.05) is 182 Å². The van der Waals surface area contributed by atoms with Gasteiger partial charge in [0.15, 0.2) is 17.5 Å². The Morgan fingerprint density at radius 2 is 0.868 bits per heavy atom. The molecule has 0 aliphatic heterocycles. The number of benzene rings is 11. The van der Waals surface area contributed by atoms with Gasteiger partial charge >= 0.3 is 0 Å². The van der Waals surface area contributed by atoms with E-state index in [0.29, 0.717) is 17.5 Å². The Morgan fingerprint density at radius 3 is 1.65 bits per heavy atom. The molecule has 0 N–H and O–H groups in total. The molecule has 5 nitrogen and oxygen atoms in total. The lowest BCUT2D eigenvalue weighted by atomic mass is 9.91. The predicted octanol–water partition coefficient (Wildman–Crippen LogP) is 16.7. The zero-order valence-electron chi connectivity index (χ0n) is 36.6. The highest BCUT2D eigenvalue weighted by molar-refractivity contribution is 6.22. The molecule has 0 aliphatic rings. The number of fused-ring (bicyclic) bond motifs is 10. The largest absolute Gasteiger partial charge is 0.456 e. The number of para-hydroxylation sites is 1. The molecule has 0 aliphatic carbocycles. The zero-order valence-corrected chi connectivity index (χ0v) is 36.6. The summed E-state index contributed by atoms with van der Waals surface area (Å²) in [6.45, 7) is 0. The zero-order chi connectivity index (χ0) is 44.7. The summed E-state index contributed by atoms with van der Waals surface area (Å²) < 4.78 is 8.80. The molecule has 5 heteroatoms. The minimum atomic E-state index is 0.583. The van der Waals surface area contributed by atoms with Gasteiger partial charge < -0.3 is 8.98 Å². The fourth-order valence-electron chi connectivity index (χ4n) is 10.4. The lowest BCUT2D eigenvalue weighted by molar-refractivity contribution is 0.669. The highest BCUT2D eigenvalue weighted by Gasteiger charge is 2.25.